The van der Waals surface area contributed by atoms with Crippen LogP contribution in [0, 0.1) is 0 Å². The SMILES string of the molecule is CC(=O)O.CC(=O)O.CC(=O)O.CC(=O)O.CC(=O)O.OC[C@H]1O[C@@H](Oc2c[nH]c3cc(Br)c(Br)cc23)[C@H](O)[C@@H](O)[C@H]1O. The minimum absolute atomic E-state index is 0.414. The Hall–Kier alpha value is -3.33. The van der Waals surface area contributed by atoms with E-state index in [1.54, 1.807) is 6.20 Å². The Morgan fingerprint density at radius 3 is 1.49 bits per heavy atom. The first kappa shape index (κ1) is 44.1. The molecule has 10 N–H and O–H groups in total. The van der Waals surface area contributed by atoms with Gasteiger partial charge in [-0.2, -0.15) is 0 Å². The lowest BCUT2D eigenvalue weighted by Crippen LogP contribution is -2.60. The fourth-order valence-electron chi connectivity index (χ4n) is 2.48. The molecule has 1 aliphatic heterocycles. The minimum atomic E-state index is -1.48. The topological polar surface area (TPSA) is 302 Å². The largest absolute Gasteiger partial charge is 0.481 e. The summed E-state index contributed by atoms with van der Waals surface area (Å²) in [6.07, 6.45) is -4.96. The number of fused-ring (bicyclic) bond motifs is 1. The van der Waals surface area contributed by atoms with E-state index in [0.29, 0.717) is 5.75 Å². The zero-order valence-corrected chi connectivity index (χ0v) is 26.6. The van der Waals surface area contributed by atoms with Crippen LogP contribution in [-0.2, 0) is 28.7 Å². The monoisotopic (exact) mass is 751 g/mol. The number of benzene rings is 1. The lowest BCUT2D eigenvalue weighted by Gasteiger charge is -2.39. The van der Waals surface area contributed by atoms with Crippen LogP contribution in [0.5, 0.6) is 5.75 Å². The Balaban J connectivity index is -0.000000654. The predicted molar refractivity (Wildman–Crippen MR) is 155 cm³/mol. The molecule has 17 nitrogen and oxygen atoms in total. The Kier molecular flexibility index (Phi) is 23.8. The van der Waals surface area contributed by atoms with Crippen molar-refractivity contribution < 1.29 is 79.4 Å². The molecule has 5 atom stereocenters. The molecule has 0 aliphatic carbocycles. The molecule has 0 bridgehead atoms. The number of aliphatic carboxylic acids is 5. The number of aromatic amines is 1. The lowest BCUT2D eigenvalue weighted by molar-refractivity contribution is -0.277. The van der Waals surface area contributed by atoms with E-state index in [1.807, 2.05) is 12.1 Å². The van der Waals surface area contributed by atoms with Crippen molar-refractivity contribution in [3.8, 4) is 5.75 Å². The average molecular weight is 753 g/mol. The first-order valence-electron chi connectivity index (χ1n) is 11.5. The molecular weight excluding hydrogens is 718 g/mol. The summed E-state index contributed by atoms with van der Waals surface area (Å²) in [5.41, 5.74) is 0.805. The third kappa shape index (κ3) is 22.9. The number of aliphatic hydroxyl groups excluding tert-OH is 4. The second kappa shape index (κ2) is 23.2. The van der Waals surface area contributed by atoms with Crippen LogP contribution in [0.4, 0.5) is 0 Å². The summed E-state index contributed by atoms with van der Waals surface area (Å²) in [5, 5.41) is 76.6. The molecular formula is C24H35Br2NO16. The van der Waals surface area contributed by atoms with Crippen molar-refractivity contribution in [2.45, 2.75) is 65.3 Å². The van der Waals surface area contributed by atoms with E-state index in [9.17, 15) is 20.4 Å². The predicted octanol–water partition coefficient (Wildman–Crippen LogP) is 1.33. The maximum absolute atomic E-state index is 10.0. The number of aliphatic hydroxyl groups is 4. The third-order valence-electron chi connectivity index (χ3n) is 3.78. The molecule has 0 unspecified atom stereocenters. The third-order valence-corrected chi connectivity index (χ3v) is 5.62. The molecule has 0 radical (unpaired) electrons. The summed E-state index contributed by atoms with van der Waals surface area (Å²) in [5.74, 6) is -3.75. The van der Waals surface area contributed by atoms with Gasteiger partial charge in [-0.1, -0.05) is 0 Å². The number of carboxylic acids is 5. The van der Waals surface area contributed by atoms with E-state index in [-0.39, 0.29) is 0 Å². The van der Waals surface area contributed by atoms with Gasteiger partial charge in [-0.25, -0.2) is 0 Å². The highest BCUT2D eigenvalue weighted by molar-refractivity contribution is 9.13. The Morgan fingerprint density at radius 1 is 0.744 bits per heavy atom. The summed E-state index contributed by atoms with van der Waals surface area (Å²) in [4.78, 5) is 48.0. The van der Waals surface area contributed by atoms with E-state index < -0.39 is 67.2 Å². The number of rotatable bonds is 3. The Bertz CT molecular complexity index is 1080. The molecule has 3 rings (SSSR count). The van der Waals surface area contributed by atoms with Crippen molar-refractivity contribution in [2.24, 2.45) is 0 Å². The average Bonchev–Trinajstić information content (AvgIpc) is 3.19. The number of carboxylic acid groups (broad SMARTS) is 5. The molecule has 2 aromatic rings. The maximum atomic E-state index is 10.0. The van der Waals surface area contributed by atoms with Crippen LogP contribution in [0.3, 0.4) is 0 Å². The first-order chi connectivity index (χ1) is 19.6. The summed E-state index contributed by atoms with van der Waals surface area (Å²) in [6.45, 7) is 4.91. The number of hydrogen-bond donors (Lipinski definition) is 10. The van der Waals surface area contributed by atoms with Crippen LogP contribution in [0.2, 0.25) is 0 Å². The van der Waals surface area contributed by atoms with Crippen molar-refractivity contribution in [1.29, 1.82) is 0 Å². The summed E-state index contributed by atoms with van der Waals surface area (Å²) in [6, 6.07) is 3.69. The van der Waals surface area contributed by atoms with Crippen LogP contribution in [0.1, 0.15) is 34.6 Å². The van der Waals surface area contributed by atoms with Crippen molar-refractivity contribution in [2.75, 3.05) is 6.61 Å². The van der Waals surface area contributed by atoms with E-state index >= 15 is 0 Å². The van der Waals surface area contributed by atoms with Crippen LogP contribution in [0.15, 0.2) is 27.3 Å². The smallest absolute Gasteiger partial charge is 0.300 e. The number of ether oxygens (including phenoxy) is 2. The van der Waals surface area contributed by atoms with Gasteiger partial charge < -0.3 is 60.4 Å². The highest BCUT2D eigenvalue weighted by Crippen LogP contribution is 2.35. The molecule has 2 heterocycles. The Labute approximate surface area is 261 Å². The number of H-pyrrole nitrogens is 1. The Morgan fingerprint density at radius 2 is 1.12 bits per heavy atom. The molecule has 1 aliphatic rings. The zero-order chi connectivity index (χ0) is 34.6. The number of hydrogen-bond acceptors (Lipinski definition) is 11. The van der Waals surface area contributed by atoms with Gasteiger partial charge in [0, 0.05) is 55.1 Å². The van der Waals surface area contributed by atoms with E-state index in [4.69, 9.17) is 59.0 Å². The summed E-state index contributed by atoms with van der Waals surface area (Å²) in [7, 11) is 0. The number of aromatic nitrogens is 1. The zero-order valence-electron chi connectivity index (χ0n) is 23.5. The standard InChI is InChI=1S/C14H15Br2NO6.5C2H4O2/c15-6-1-5-8(2-7(6)16)17-3-9(5)22-14-13(21)12(20)11(19)10(4-18)23-14;5*1-2(3)4/h1-3,10-14,17-21H,4H2;5*1H3,(H,3,4)/t10-,11+,12+,13-,14-;;;;;/m1...../s1. The summed E-state index contributed by atoms with van der Waals surface area (Å²) >= 11 is 6.81. The molecule has 0 amide bonds. The molecule has 43 heavy (non-hydrogen) atoms. The van der Waals surface area contributed by atoms with Crippen LogP contribution in [-0.4, -0.2) is 118 Å². The molecule has 0 saturated carbocycles. The fraction of sp³-hybridized carbons (Fsp3) is 0.458. The number of halogens is 2. The van der Waals surface area contributed by atoms with Crippen molar-refractivity contribution in [3.05, 3.63) is 27.3 Å². The van der Waals surface area contributed by atoms with Gasteiger partial charge in [0.25, 0.3) is 29.8 Å². The molecule has 1 fully saturated rings. The molecule has 246 valence electrons. The van der Waals surface area contributed by atoms with Gasteiger partial charge in [0.05, 0.1) is 12.1 Å². The van der Waals surface area contributed by atoms with Gasteiger partial charge in [0.1, 0.15) is 30.2 Å². The lowest BCUT2D eigenvalue weighted by atomic mass is 9.99. The quantitative estimate of drug-likeness (QED) is 0.211. The van der Waals surface area contributed by atoms with Gasteiger partial charge in [-0.15, -0.1) is 0 Å². The highest BCUT2D eigenvalue weighted by Gasteiger charge is 2.44. The van der Waals surface area contributed by atoms with Gasteiger partial charge in [-0.3, -0.25) is 24.0 Å². The summed E-state index contributed by atoms with van der Waals surface area (Å²) < 4.78 is 12.7. The molecule has 0 spiro atoms. The molecule has 1 aromatic heterocycles. The molecule has 19 heteroatoms. The van der Waals surface area contributed by atoms with Crippen molar-refractivity contribution in [3.63, 3.8) is 0 Å². The van der Waals surface area contributed by atoms with Crippen LogP contribution in [0.25, 0.3) is 10.9 Å². The van der Waals surface area contributed by atoms with Crippen LogP contribution < -0.4 is 4.74 Å². The normalized spacial score (nSPS) is 19.7. The van der Waals surface area contributed by atoms with Crippen molar-refractivity contribution in [1.82, 2.24) is 4.98 Å². The molecule has 1 saturated heterocycles. The van der Waals surface area contributed by atoms with Gasteiger partial charge in [0.15, 0.2) is 0 Å². The second-order valence-corrected chi connectivity index (χ2v) is 9.58. The molecule has 1 aromatic carbocycles. The minimum Gasteiger partial charge on any atom is -0.481 e. The number of nitrogens with one attached hydrogen (secondary N) is 1. The van der Waals surface area contributed by atoms with E-state index in [0.717, 1.165) is 54.5 Å². The first-order valence-corrected chi connectivity index (χ1v) is 13.1. The maximum Gasteiger partial charge on any atom is 0.300 e. The van der Waals surface area contributed by atoms with Crippen molar-refractivity contribution >= 4 is 72.6 Å². The van der Waals surface area contributed by atoms with Gasteiger partial charge in [-0.05, 0) is 44.0 Å². The fourth-order valence-corrected chi connectivity index (χ4v) is 3.17. The number of carbonyl (C=O) groups is 5. The second-order valence-electron chi connectivity index (χ2n) is 7.88. The van der Waals surface area contributed by atoms with Gasteiger partial charge in [0.2, 0.25) is 6.29 Å². The highest BCUT2D eigenvalue weighted by atomic mass is 79.9. The van der Waals surface area contributed by atoms with Crippen LogP contribution >= 0.6 is 31.9 Å². The van der Waals surface area contributed by atoms with E-state index in [1.165, 1.54) is 0 Å². The van der Waals surface area contributed by atoms with Gasteiger partial charge >= 0.3 is 0 Å². The van der Waals surface area contributed by atoms with E-state index in [2.05, 4.69) is 36.8 Å².